The highest BCUT2D eigenvalue weighted by Crippen LogP contribution is 2.21. The molecule has 2 heteroatoms. The molecule has 0 aromatic heterocycles. The van der Waals surface area contributed by atoms with Crippen molar-refractivity contribution >= 4 is 5.69 Å². The maximum atomic E-state index is 5.60. The summed E-state index contributed by atoms with van der Waals surface area (Å²) >= 11 is 0. The van der Waals surface area contributed by atoms with Gasteiger partial charge in [0.25, 0.3) is 0 Å². The fraction of sp³-hybridized carbons (Fsp3) is 0.600. The predicted molar refractivity (Wildman–Crippen MR) is 76.7 cm³/mol. The zero-order valence-corrected chi connectivity index (χ0v) is 11.7. The van der Waals surface area contributed by atoms with Gasteiger partial charge in [-0.25, -0.2) is 0 Å². The molecule has 0 heterocycles. The van der Waals surface area contributed by atoms with Gasteiger partial charge in [0.1, 0.15) is 0 Å². The van der Waals surface area contributed by atoms with Gasteiger partial charge >= 0.3 is 0 Å². The monoisotopic (exact) mass is 234 g/mol. The number of aryl methyl sites for hydroxylation is 1. The first kappa shape index (κ1) is 14.0. The van der Waals surface area contributed by atoms with Crippen LogP contribution < -0.4 is 10.6 Å². The average molecular weight is 234 g/mol. The van der Waals surface area contributed by atoms with Crippen molar-refractivity contribution in [2.75, 3.05) is 18.5 Å². The van der Waals surface area contributed by atoms with Gasteiger partial charge in [-0.3, -0.25) is 0 Å². The molecule has 0 amide bonds. The highest BCUT2D eigenvalue weighted by Gasteiger charge is 2.09. The molecular formula is C15H26N2. The summed E-state index contributed by atoms with van der Waals surface area (Å²) < 4.78 is 0. The molecule has 0 aliphatic heterocycles. The summed E-state index contributed by atoms with van der Waals surface area (Å²) in [5.74, 6) is 0. The molecule has 0 bridgehead atoms. The number of benzene rings is 1. The highest BCUT2D eigenvalue weighted by atomic mass is 15.1. The first-order chi connectivity index (χ1) is 8.10. The Morgan fingerprint density at radius 3 is 2.59 bits per heavy atom. The average Bonchev–Trinajstić information content (AvgIpc) is 2.31. The van der Waals surface area contributed by atoms with Gasteiger partial charge in [0.15, 0.2) is 0 Å². The molecule has 2 N–H and O–H groups in total. The predicted octanol–water partition coefficient (Wildman–Crippen LogP) is 3.12. The van der Waals surface area contributed by atoms with Crippen LogP contribution in [0.25, 0.3) is 0 Å². The Labute approximate surface area is 106 Å². The molecule has 0 saturated carbocycles. The summed E-state index contributed by atoms with van der Waals surface area (Å²) in [7, 11) is 2.18. The second-order valence-electron chi connectivity index (χ2n) is 4.90. The third-order valence-electron chi connectivity index (χ3n) is 3.51. The molecule has 0 aliphatic rings. The Morgan fingerprint density at radius 1 is 1.35 bits per heavy atom. The van der Waals surface area contributed by atoms with E-state index in [2.05, 4.69) is 50.9 Å². The van der Waals surface area contributed by atoms with Crippen LogP contribution in [0.3, 0.4) is 0 Å². The minimum Gasteiger partial charge on any atom is -0.372 e. The molecule has 17 heavy (non-hydrogen) atoms. The fourth-order valence-electron chi connectivity index (χ4n) is 2.20. The second kappa shape index (κ2) is 6.65. The molecule has 0 saturated heterocycles. The van der Waals surface area contributed by atoms with Gasteiger partial charge in [-0.05, 0) is 56.5 Å². The van der Waals surface area contributed by atoms with E-state index in [-0.39, 0.29) is 0 Å². The summed E-state index contributed by atoms with van der Waals surface area (Å²) in [5, 5.41) is 0. The summed E-state index contributed by atoms with van der Waals surface area (Å²) in [5.41, 5.74) is 9.63. The summed E-state index contributed by atoms with van der Waals surface area (Å²) in [6.07, 6.45) is 3.44. The molecule has 1 atom stereocenters. The summed E-state index contributed by atoms with van der Waals surface area (Å²) in [4.78, 5) is 2.36. The molecule has 1 aromatic rings. The third-order valence-corrected chi connectivity index (χ3v) is 3.51. The fourth-order valence-corrected chi connectivity index (χ4v) is 2.20. The van der Waals surface area contributed by atoms with Gasteiger partial charge in [-0.15, -0.1) is 0 Å². The molecule has 0 radical (unpaired) electrons. The van der Waals surface area contributed by atoms with Gasteiger partial charge in [0.05, 0.1) is 0 Å². The van der Waals surface area contributed by atoms with E-state index in [0.29, 0.717) is 6.04 Å². The van der Waals surface area contributed by atoms with E-state index in [9.17, 15) is 0 Å². The number of rotatable bonds is 6. The van der Waals surface area contributed by atoms with E-state index in [1.54, 1.807) is 0 Å². The van der Waals surface area contributed by atoms with Crippen molar-refractivity contribution in [2.45, 2.75) is 46.1 Å². The summed E-state index contributed by atoms with van der Waals surface area (Å²) in [6.45, 7) is 7.42. The van der Waals surface area contributed by atoms with Crippen LogP contribution in [0.1, 0.15) is 37.8 Å². The van der Waals surface area contributed by atoms with Gasteiger partial charge in [-0.1, -0.05) is 19.4 Å². The normalized spacial score (nSPS) is 12.5. The molecule has 1 aromatic carbocycles. The van der Waals surface area contributed by atoms with E-state index >= 15 is 0 Å². The molecule has 0 fully saturated rings. The Balaban J connectivity index is 2.81. The Bertz CT molecular complexity index is 347. The van der Waals surface area contributed by atoms with Crippen LogP contribution in [0, 0.1) is 6.92 Å². The maximum absolute atomic E-state index is 5.60. The third kappa shape index (κ3) is 3.74. The lowest BCUT2D eigenvalue weighted by Crippen LogP contribution is -2.28. The molecule has 96 valence electrons. The number of nitrogens with two attached hydrogens (primary N) is 1. The van der Waals surface area contributed by atoms with E-state index in [1.165, 1.54) is 29.7 Å². The molecule has 0 spiro atoms. The van der Waals surface area contributed by atoms with Crippen LogP contribution in [-0.4, -0.2) is 19.6 Å². The zero-order valence-electron chi connectivity index (χ0n) is 11.7. The number of anilines is 1. The first-order valence-electron chi connectivity index (χ1n) is 6.62. The van der Waals surface area contributed by atoms with Crippen molar-refractivity contribution in [1.82, 2.24) is 0 Å². The lowest BCUT2D eigenvalue weighted by molar-refractivity contribution is 0.616. The van der Waals surface area contributed by atoms with Crippen LogP contribution in [0.5, 0.6) is 0 Å². The molecule has 2 nitrogen and oxygen atoms in total. The van der Waals surface area contributed by atoms with E-state index in [0.717, 1.165) is 13.0 Å². The van der Waals surface area contributed by atoms with Gasteiger partial charge in [0.2, 0.25) is 0 Å². The van der Waals surface area contributed by atoms with E-state index in [4.69, 9.17) is 5.73 Å². The number of hydrogen-bond donors (Lipinski definition) is 1. The molecule has 1 rings (SSSR count). The summed E-state index contributed by atoms with van der Waals surface area (Å²) in [6, 6.07) is 7.30. The van der Waals surface area contributed by atoms with Gasteiger partial charge < -0.3 is 10.6 Å². The van der Waals surface area contributed by atoms with Crippen molar-refractivity contribution in [3.05, 3.63) is 29.3 Å². The smallest absolute Gasteiger partial charge is 0.0368 e. The van der Waals surface area contributed by atoms with Crippen LogP contribution >= 0.6 is 0 Å². The quantitative estimate of drug-likeness (QED) is 0.819. The molecular weight excluding hydrogens is 208 g/mol. The van der Waals surface area contributed by atoms with Crippen LogP contribution in [-0.2, 0) is 6.42 Å². The number of nitrogens with zero attached hydrogens (tertiary/aromatic N) is 1. The van der Waals surface area contributed by atoms with Crippen LogP contribution in [0.15, 0.2) is 18.2 Å². The molecule has 1 unspecified atom stereocenters. The Hall–Kier alpha value is -1.02. The van der Waals surface area contributed by atoms with Crippen LogP contribution in [0.2, 0.25) is 0 Å². The SMILES string of the molecule is CCCC(C)N(C)c1ccc(CCN)c(C)c1. The van der Waals surface area contributed by atoms with Gasteiger partial charge in [-0.2, -0.15) is 0 Å². The minimum absolute atomic E-state index is 0.597. The largest absolute Gasteiger partial charge is 0.372 e. The zero-order chi connectivity index (χ0) is 12.8. The maximum Gasteiger partial charge on any atom is 0.0368 e. The lowest BCUT2D eigenvalue weighted by Gasteiger charge is -2.27. The van der Waals surface area contributed by atoms with Gasteiger partial charge in [0, 0.05) is 18.8 Å². The van der Waals surface area contributed by atoms with Crippen molar-refractivity contribution in [2.24, 2.45) is 5.73 Å². The van der Waals surface area contributed by atoms with Crippen LogP contribution in [0.4, 0.5) is 5.69 Å². The van der Waals surface area contributed by atoms with E-state index in [1.807, 2.05) is 0 Å². The topological polar surface area (TPSA) is 29.3 Å². The Morgan fingerprint density at radius 2 is 2.06 bits per heavy atom. The first-order valence-corrected chi connectivity index (χ1v) is 6.62. The minimum atomic E-state index is 0.597. The molecule has 0 aliphatic carbocycles. The highest BCUT2D eigenvalue weighted by molar-refractivity contribution is 5.51. The number of hydrogen-bond acceptors (Lipinski definition) is 2. The van der Waals surface area contributed by atoms with Crippen molar-refractivity contribution in [3.63, 3.8) is 0 Å². The standard InChI is InChI=1S/C15H26N2/c1-5-6-13(3)17(4)15-8-7-14(9-10-16)12(2)11-15/h7-8,11,13H,5-6,9-10,16H2,1-4H3. The van der Waals surface area contributed by atoms with Crippen molar-refractivity contribution < 1.29 is 0 Å². The van der Waals surface area contributed by atoms with E-state index < -0.39 is 0 Å². The Kier molecular flexibility index (Phi) is 5.49. The van der Waals surface area contributed by atoms with Crippen molar-refractivity contribution in [1.29, 1.82) is 0 Å². The van der Waals surface area contributed by atoms with Crippen molar-refractivity contribution in [3.8, 4) is 0 Å². The lowest BCUT2D eigenvalue weighted by atomic mass is 10.0. The second-order valence-corrected chi connectivity index (χ2v) is 4.90.